The van der Waals surface area contributed by atoms with Crippen LogP contribution < -0.4 is 4.90 Å². The molecule has 0 spiro atoms. The van der Waals surface area contributed by atoms with E-state index in [1.54, 1.807) is 45.3 Å². The molecule has 0 unspecified atom stereocenters. The molecule has 1 aromatic carbocycles. The molecule has 150 valence electrons. The van der Waals surface area contributed by atoms with E-state index < -0.39 is 17.8 Å². The molecule has 0 aliphatic carbocycles. The second-order valence-corrected chi connectivity index (χ2v) is 6.08. The lowest BCUT2D eigenvalue weighted by Crippen LogP contribution is -2.22. The van der Waals surface area contributed by atoms with Gasteiger partial charge in [-0.3, -0.25) is 0 Å². The van der Waals surface area contributed by atoms with Crippen LogP contribution in [0.3, 0.4) is 0 Å². The highest BCUT2D eigenvalue weighted by molar-refractivity contribution is 5.83. The first-order valence-electron chi connectivity index (χ1n) is 8.43. The van der Waals surface area contributed by atoms with Gasteiger partial charge in [0.05, 0.1) is 24.1 Å². The van der Waals surface area contributed by atoms with E-state index in [2.05, 4.69) is 10.1 Å². The van der Waals surface area contributed by atoms with Gasteiger partial charge in [-0.1, -0.05) is 18.2 Å². The summed E-state index contributed by atoms with van der Waals surface area (Å²) in [5, 5.41) is 5.01. The van der Waals surface area contributed by atoms with E-state index in [1.165, 1.54) is 18.2 Å². The van der Waals surface area contributed by atoms with Gasteiger partial charge in [0.15, 0.2) is 0 Å². The highest BCUT2D eigenvalue weighted by Gasteiger charge is 2.32. The van der Waals surface area contributed by atoms with Gasteiger partial charge >= 0.3 is 12.3 Å². The number of halogens is 3. The third kappa shape index (κ3) is 5.45. The molecule has 28 heavy (non-hydrogen) atoms. The van der Waals surface area contributed by atoms with Crippen molar-refractivity contribution in [2.75, 3.05) is 32.6 Å². The Kier molecular flexibility index (Phi) is 6.61. The molecule has 0 saturated heterocycles. The van der Waals surface area contributed by atoms with Gasteiger partial charge in [-0.25, -0.2) is 14.8 Å². The summed E-state index contributed by atoms with van der Waals surface area (Å²) in [6, 6.07) is 8.71. The average Bonchev–Trinajstić information content (AvgIpc) is 2.65. The zero-order chi connectivity index (χ0) is 20.9. The van der Waals surface area contributed by atoms with E-state index in [-0.39, 0.29) is 18.1 Å². The summed E-state index contributed by atoms with van der Waals surface area (Å²) < 4.78 is 44.5. The summed E-state index contributed by atoms with van der Waals surface area (Å²) in [4.78, 5) is 17.4. The maximum atomic E-state index is 13.2. The quantitative estimate of drug-likeness (QED) is 0.562. The van der Waals surface area contributed by atoms with Crippen molar-refractivity contribution >= 4 is 18.1 Å². The Labute approximate surface area is 161 Å². The Bertz CT molecular complexity index is 866. The van der Waals surface area contributed by atoms with Crippen LogP contribution in [0, 0.1) is 0 Å². The molecule has 0 saturated carbocycles. The van der Waals surface area contributed by atoms with Crippen LogP contribution in [0.4, 0.5) is 23.8 Å². The fourth-order valence-electron chi connectivity index (χ4n) is 2.25. The summed E-state index contributed by atoms with van der Waals surface area (Å²) in [6.07, 6.45) is -3.67. The smallest absolute Gasteiger partial charge is 0.430 e. The number of pyridine rings is 1. The zero-order valence-electron chi connectivity index (χ0n) is 16.0. The van der Waals surface area contributed by atoms with E-state index in [0.717, 1.165) is 17.1 Å². The van der Waals surface area contributed by atoms with Crippen LogP contribution in [0.1, 0.15) is 18.1 Å². The van der Waals surface area contributed by atoms with Crippen molar-refractivity contribution in [2.45, 2.75) is 13.1 Å². The van der Waals surface area contributed by atoms with E-state index in [4.69, 9.17) is 4.74 Å². The fraction of sp³-hybridized carbons (Fsp3) is 0.316. The lowest BCUT2D eigenvalue weighted by molar-refractivity contribution is -0.137. The Morgan fingerprint density at radius 2 is 1.93 bits per heavy atom. The van der Waals surface area contributed by atoms with Crippen molar-refractivity contribution in [3.8, 4) is 11.3 Å². The molecular weight excluding hydrogens is 373 g/mol. The number of benzene rings is 1. The number of anilines is 1. The molecule has 0 bridgehead atoms. The molecule has 0 aliphatic rings. The van der Waals surface area contributed by atoms with Gasteiger partial charge in [0, 0.05) is 26.7 Å². The molecule has 0 N–H and O–H groups in total. The van der Waals surface area contributed by atoms with Crippen molar-refractivity contribution in [1.29, 1.82) is 0 Å². The molecule has 2 rings (SSSR count). The number of hydrogen-bond acceptors (Lipinski definition) is 5. The average molecular weight is 394 g/mol. The lowest BCUT2D eigenvalue weighted by atomic mass is 10.1. The number of carbonyl (C=O) groups excluding carboxylic acids is 1. The van der Waals surface area contributed by atoms with Crippen LogP contribution >= 0.6 is 0 Å². The van der Waals surface area contributed by atoms with Crippen molar-refractivity contribution in [1.82, 2.24) is 9.99 Å². The first-order chi connectivity index (χ1) is 13.1. The summed E-state index contributed by atoms with van der Waals surface area (Å²) in [6.45, 7) is 1.91. The topological polar surface area (TPSA) is 58.0 Å². The predicted molar refractivity (Wildman–Crippen MR) is 101 cm³/mol. The number of ether oxygens (including phenoxy) is 1. The number of hydrazone groups is 1. The van der Waals surface area contributed by atoms with E-state index in [0.29, 0.717) is 11.1 Å². The second kappa shape index (κ2) is 8.73. The molecule has 0 radical (unpaired) electrons. The number of alkyl halides is 3. The zero-order valence-corrected chi connectivity index (χ0v) is 16.0. The van der Waals surface area contributed by atoms with Crippen LogP contribution in [-0.4, -0.2) is 50.1 Å². The third-order valence-corrected chi connectivity index (χ3v) is 3.69. The van der Waals surface area contributed by atoms with Crippen LogP contribution in [0.25, 0.3) is 11.3 Å². The summed E-state index contributed by atoms with van der Waals surface area (Å²) >= 11 is 0. The molecule has 0 atom stereocenters. The molecular formula is C19H21F3N4O2. The number of nitrogens with zero attached hydrogens (tertiary/aromatic N) is 4. The first kappa shape index (κ1) is 21.2. The molecule has 6 nitrogen and oxygen atoms in total. The summed E-state index contributed by atoms with van der Waals surface area (Å²) in [5.41, 5.74) is 0.506. The van der Waals surface area contributed by atoms with Crippen molar-refractivity contribution < 1.29 is 22.7 Å². The molecule has 2 aromatic rings. The number of hydrogen-bond donors (Lipinski definition) is 0. The number of aromatic nitrogens is 1. The monoisotopic (exact) mass is 394 g/mol. The summed E-state index contributed by atoms with van der Waals surface area (Å²) in [5.74, 6) is 0.200. The fourth-order valence-corrected chi connectivity index (χ4v) is 2.25. The Hall–Kier alpha value is -3.10. The van der Waals surface area contributed by atoms with Crippen LogP contribution in [0.5, 0.6) is 0 Å². The number of rotatable bonds is 5. The molecule has 1 amide bonds. The molecule has 0 aliphatic heterocycles. The first-order valence-corrected chi connectivity index (χ1v) is 8.43. The van der Waals surface area contributed by atoms with Gasteiger partial charge in [-0.05, 0) is 30.7 Å². The Morgan fingerprint density at radius 1 is 1.21 bits per heavy atom. The molecule has 1 heterocycles. The van der Waals surface area contributed by atoms with Gasteiger partial charge in [0.1, 0.15) is 5.82 Å². The van der Waals surface area contributed by atoms with Crippen molar-refractivity contribution in [2.24, 2.45) is 5.10 Å². The highest BCUT2D eigenvalue weighted by Crippen LogP contribution is 2.33. The third-order valence-electron chi connectivity index (χ3n) is 3.69. The summed E-state index contributed by atoms with van der Waals surface area (Å²) in [7, 11) is 4.69. The number of carbonyl (C=O) groups is 1. The van der Waals surface area contributed by atoms with Gasteiger partial charge in [-0.15, -0.1) is 0 Å². The minimum absolute atomic E-state index is 0.188. The second-order valence-electron chi connectivity index (χ2n) is 6.08. The van der Waals surface area contributed by atoms with E-state index in [9.17, 15) is 18.0 Å². The molecule has 0 fully saturated rings. The van der Waals surface area contributed by atoms with Gasteiger partial charge < -0.3 is 9.64 Å². The van der Waals surface area contributed by atoms with E-state index in [1.807, 2.05) is 0 Å². The van der Waals surface area contributed by atoms with Crippen LogP contribution in [0.2, 0.25) is 0 Å². The van der Waals surface area contributed by atoms with Gasteiger partial charge in [0.2, 0.25) is 0 Å². The predicted octanol–water partition coefficient (Wildman–Crippen LogP) is 4.26. The normalized spacial score (nSPS) is 11.5. The Morgan fingerprint density at radius 3 is 2.54 bits per heavy atom. The van der Waals surface area contributed by atoms with Crippen molar-refractivity contribution in [3.05, 3.63) is 47.5 Å². The van der Waals surface area contributed by atoms with E-state index >= 15 is 0 Å². The highest BCUT2D eigenvalue weighted by atomic mass is 19.4. The maximum absolute atomic E-state index is 13.2. The SMILES string of the molecule is CCOC(=O)N(C)/N=C\c1cccc(-c2cc(C(F)(F)F)cc(N(C)C)n2)c1. The number of amides is 1. The Balaban J connectivity index is 2.38. The largest absolute Gasteiger partial charge is 0.448 e. The van der Waals surface area contributed by atoms with Crippen LogP contribution in [0.15, 0.2) is 41.5 Å². The standard InChI is InChI=1S/C19H21F3N4O2/c1-5-28-18(27)26(4)23-12-13-7-6-8-14(9-13)16-10-15(19(20,21)22)11-17(24-16)25(2)3/h6-12H,5H2,1-4H3/b23-12-. The minimum Gasteiger partial charge on any atom is -0.448 e. The van der Waals surface area contributed by atoms with Crippen molar-refractivity contribution in [3.63, 3.8) is 0 Å². The van der Waals surface area contributed by atoms with Gasteiger partial charge in [-0.2, -0.15) is 18.3 Å². The maximum Gasteiger partial charge on any atom is 0.430 e. The van der Waals surface area contributed by atoms with Crippen LogP contribution in [-0.2, 0) is 10.9 Å². The lowest BCUT2D eigenvalue weighted by Gasteiger charge is -2.16. The minimum atomic E-state index is -4.48. The van der Waals surface area contributed by atoms with Gasteiger partial charge in [0.25, 0.3) is 0 Å². The molecule has 1 aromatic heterocycles. The molecule has 9 heteroatoms.